The number of anilines is 1. The number of hydrogen-bond donors (Lipinski definition) is 3. The van der Waals surface area contributed by atoms with Crippen molar-refractivity contribution in [2.45, 2.75) is 74.9 Å². The fraction of sp³-hybridized carbons (Fsp3) is 0.568. The number of nitrogens with zero attached hydrogens (tertiary/aromatic N) is 3. The van der Waals surface area contributed by atoms with Gasteiger partial charge in [0.25, 0.3) is 5.91 Å². The molecule has 7 rings (SSSR count). The Bertz CT molecular complexity index is 1780. The van der Waals surface area contributed by atoms with Crippen molar-refractivity contribution in [3.63, 3.8) is 0 Å². The van der Waals surface area contributed by atoms with Crippen molar-refractivity contribution in [1.29, 1.82) is 0 Å². The van der Waals surface area contributed by atoms with Crippen LogP contribution in [0.25, 0.3) is 0 Å². The minimum Gasteiger partial charge on any atom is -0.490 e. The third-order valence-corrected chi connectivity index (χ3v) is 13.4. The van der Waals surface area contributed by atoms with Gasteiger partial charge in [0.1, 0.15) is 5.75 Å². The van der Waals surface area contributed by atoms with E-state index in [9.17, 15) is 28.2 Å². The molecule has 2 aliphatic carbocycles. The van der Waals surface area contributed by atoms with Crippen LogP contribution >= 0.6 is 11.6 Å². The van der Waals surface area contributed by atoms with Gasteiger partial charge in [-0.3, -0.25) is 9.59 Å². The van der Waals surface area contributed by atoms with Crippen LogP contribution in [0.5, 0.6) is 5.75 Å². The van der Waals surface area contributed by atoms with Gasteiger partial charge in [0.15, 0.2) is 5.60 Å². The fourth-order valence-electron chi connectivity index (χ4n) is 8.56. The van der Waals surface area contributed by atoms with Crippen LogP contribution in [0, 0.1) is 11.8 Å². The summed E-state index contributed by atoms with van der Waals surface area (Å²) in [4.78, 5) is 31.3. The van der Waals surface area contributed by atoms with Gasteiger partial charge in [0.2, 0.25) is 5.91 Å². The van der Waals surface area contributed by atoms with Crippen LogP contribution in [-0.4, -0.2) is 92.1 Å². The number of carbonyl (C=O) groups is 2. The Morgan fingerprint density at radius 1 is 1.08 bits per heavy atom. The largest absolute Gasteiger partial charge is 0.490 e. The number of aliphatic hydroxyl groups excluding tert-OH is 1. The van der Waals surface area contributed by atoms with Crippen molar-refractivity contribution in [2.75, 3.05) is 51.3 Å². The van der Waals surface area contributed by atoms with E-state index in [-0.39, 0.29) is 35.9 Å². The summed E-state index contributed by atoms with van der Waals surface area (Å²) >= 11 is 6.43. The summed E-state index contributed by atoms with van der Waals surface area (Å²) in [5, 5.41) is 24.2. The number of nitrogens with one attached hydrogen (secondary N) is 1. The highest BCUT2D eigenvalue weighted by atomic mass is 35.5. The Labute approximate surface area is 299 Å². The fourth-order valence-corrected chi connectivity index (χ4v) is 10.0. The quantitative estimate of drug-likeness (QED) is 0.408. The van der Waals surface area contributed by atoms with Gasteiger partial charge in [-0.05, 0) is 104 Å². The van der Waals surface area contributed by atoms with Crippen LogP contribution in [0.1, 0.15) is 68.1 Å². The number of ether oxygens (including phenoxy) is 1. The number of rotatable bonds is 3. The molecule has 2 fully saturated rings. The molecule has 2 bridgehead atoms. The summed E-state index contributed by atoms with van der Waals surface area (Å²) in [7, 11) is -2.67. The predicted molar refractivity (Wildman–Crippen MR) is 190 cm³/mol. The molecule has 0 radical (unpaired) electrons. The number of benzene rings is 2. The zero-order chi connectivity index (χ0) is 35.3. The molecule has 3 heterocycles. The average molecular weight is 727 g/mol. The Morgan fingerprint density at radius 3 is 2.64 bits per heavy atom. The van der Waals surface area contributed by atoms with E-state index in [1.165, 1.54) is 20.3 Å². The summed E-state index contributed by atoms with van der Waals surface area (Å²) in [5.41, 5.74) is 0.273. The Kier molecular flexibility index (Phi) is 9.70. The molecule has 1 saturated heterocycles. The molecule has 1 saturated carbocycles. The number of aliphatic hydroxyl groups is 2. The van der Waals surface area contributed by atoms with E-state index >= 15 is 0 Å². The second kappa shape index (κ2) is 13.8. The van der Waals surface area contributed by atoms with E-state index in [4.69, 9.17) is 16.3 Å². The number of carbonyl (C=O) groups excluding carboxylic acids is 2. The lowest BCUT2D eigenvalue weighted by Crippen LogP contribution is -2.52. The van der Waals surface area contributed by atoms with Crippen molar-refractivity contribution in [1.82, 2.24) is 13.9 Å². The van der Waals surface area contributed by atoms with Crippen molar-refractivity contribution in [3.8, 4) is 5.75 Å². The lowest BCUT2D eigenvalue weighted by atomic mass is 9.68. The molecule has 5 aliphatic rings. The Balaban J connectivity index is 1.32. The first-order valence-electron chi connectivity index (χ1n) is 17.8. The zero-order valence-electron chi connectivity index (χ0n) is 28.5. The standard InChI is InChI=1S/C37H47ClN4O7S/c1-40-16-3-2-8-32(43)29-12-9-26(29)22-41-23-36(15-6-7-25-19-28(38)11-13-30(25)36)24-49-33-14-10-27(20-31(33)41)37(46,21-34(40)44)35(45)39-50(47,48)42-17-4-5-18-42/h2,8,10-11,13-14,19-20,26,29,32,43,46H,3-7,9,12,15-18,21-24H2,1H3,(H,39,45)/b8-2-/t26-,29+,32-,36-,37+/m0/s1. The van der Waals surface area contributed by atoms with Crippen LogP contribution in [0.2, 0.25) is 5.02 Å². The van der Waals surface area contributed by atoms with Gasteiger partial charge in [0.05, 0.1) is 24.8 Å². The van der Waals surface area contributed by atoms with Crippen molar-refractivity contribution >= 4 is 39.3 Å². The normalized spacial score (nSPS) is 31.2. The van der Waals surface area contributed by atoms with Gasteiger partial charge >= 0.3 is 10.2 Å². The highest BCUT2D eigenvalue weighted by Gasteiger charge is 2.47. The number of hydrogen-bond acceptors (Lipinski definition) is 8. The lowest BCUT2D eigenvalue weighted by molar-refractivity contribution is -0.148. The molecule has 50 heavy (non-hydrogen) atoms. The third-order valence-electron chi connectivity index (χ3n) is 11.7. The molecule has 0 aromatic heterocycles. The molecule has 0 unspecified atom stereocenters. The van der Waals surface area contributed by atoms with Crippen molar-refractivity contribution in [3.05, 3.63) is 70.3 Å². The van der Waals surface area contributed by atoms with E-state index in [1.807, 2.05) is 24.3 Å². The molecule has 5 atom stereocenters. The maximum absolute atomic E-state index is 14.0. The molecule has 2 aromatic rings. The summed E-state index contributed by atoms with van der Waals surface area (Å²) in [6, 6.07) is 11.0. The van der Waals surface area contributed by atoms with Gasteiger partial charge in [-0.25, -0.2) is 4.72 Å². The van der Waals surface area contributed by atoms with Crippen LogP contribution in [0.15, 0.2) is 48.6 Å². The van der Waals surface area contributed by atoms with Gasteiger partial charge in [-0.1, -0.05) is 35.9 Å². The summed E-state index contributed by atoms with van der Waals surface area (Å²) in [5.74, 6) is -0.897. The molecular weight excluding hydrogens is 680 g/mol. The van der Waals surface area contributed by atoms with E-state index in [0.717, 1.165) is 32.1 Å². The molecule has 11 nitrogen and oxygen atoms in total. The van der Waals surface area contributed by atoms with Crippen molar-refractivity contribution < 1.29 is 33.0 Å². The minimum atomic E-state index is -4.25. The van der Waals surface area contributed by atoms with Crippen LogP contribution in [-0.2, 0) is 37.2 Å². The molecule has 2 aromatic carbocycles. The first kappa shape index (κ1) is 35.3. The van der Waals surface area contributed by atoms with Gasteiger partial charge in [0, 0.05) is 50.2 Å². The number of amides is 2. The molecule has 270 valence electrons. The van der Waals surface area contributed by atoms with Crippen LogP contribution < -0.4 is 14.4 Å². The van der Waals surface area contributed by atoms with E-state index in [2.05, 4.69) is 15.7 Å². The zero-order valence-corrected chi connectivity index (χ0v) is 30.1. The topological polar surface area (TPSA) is 140 Å². The highest BCUT2D eigenvalue weighted by Crippen LogP contribution is 2.47. The SMILES string of the molecule is CN1CC/C=C\[C@H](O)[C@@H]2CC[C@H]2CN2C[C@@]3(CCCc4cc(Cl)ccc43)COc3ccc(cc32)[C@@](O)(C(=O)NS(=O)(=O)N2CCCC2)CC1=O. The second-order valence-electron chi connectivity index (χ2n) is 14.9. The summed E-state index contributed by atoms with van der Waals surface area (Å²) in [6.45, 7) is 2.44. The maximum atomic E-state index is 14.0. The molecule has 3 N–H and O–H groups in total. The van der Waals surface area contributed by atoms with E-state index in [1.54, 1.807) is 25.2 Å². The van der Waals surface area contributed by atoms with Crippen molar-refractivity contribution in [2.24, 2.45) is 11.8 Å². The second-order valence-corrected chi connectivity index (χ2v) is 17.0. The third kappa shape index (κ3) is 6.65. The molecule has 3 aliphatic heterocycles. The summed E-state index contributed by atoms with van der Waals surface area (Å²) < 4.78 is 36.4. The van der Waals surface area contributed by atoms with Crippen LogP contribution in [0.4, 0.5) is 5.69 Å². The molecule has 1 spiro atoms. The molecule has 2 amide bonds. The maximum Gasteiger partial charge on any atom is 0.303 e. The highest BCUT2D eigenvalue weighted by molar-refractivity contribution is 7.87. The van der Waals surface area contributed by atoms with Gasteiger partial charge in [-0.15, -0.1) is 0 Å². The minimum absolute atomic E-state index is 0.0567. The van der Waals surface area contributed by atoms with E-state index < -0.39 is 40.1 Å². The molecular formula is C37H47ClN4O7S. The number of fused-ring (bicyclic) bond motifs is 4. The van der Waals surface area contributed by atoms with Gasteiger partial charge < -0.3 is 24.7 Å². The predicted octanol–water partition coefficient (Wildman–Crippen LogP) is 3.65. The first-order chi connectivity index (χ1) is 23.9. The number of aryl methyl sites for hydroxylation is 1. The van der Waals surface area contributed by atoms with Crippen LogP contribution in [0.3, 0.4) is 0 Å². The average Bonchev–Trinajstić information content (AvgIpc) is 3.58. The monoisotopic (exact) mass is 726 g/mol. The smallest absolute Gasteiger partial charge is 0.303 e. The van der Waals surface area contributed by atoms with Gasteiger partial charge in [-0.2, -0.15) is 12.7 Å². The van der Waals surface area contributed by atoms with E-state index in [0.29, 0.717) is 62.0 Å². The Hall–Kier alpha value is -3.16. The first-order valence-corrected chi connectivity index (χ1v) is 19.6. The lowest BCUT2D eigenvalue weighted by Gasteiger charge is -2.45. The Morgan fingerprint density at radius 2 is 1.88 bits per heavy atom. The summed E-state index contributed by atoms with van der Waals surface area (Å²) in [6.07, 6.45) is 8.83. The molecule has 13 heteroatoms. The number of halogens is 1.